The lowest BCUT2D eigenvalue weighted by Crippen LogP contribution is -2.40. The number of carbonyl (C=O) groups is 2. The Balaban J connectivity index is 2.42. The molecule has 1 N–H and O–H groups in total. The summed E-state index contributed by atoms with van der Waals surface area (Å²) in [5.41, 5.74) is 3.41. The van der Waals surface area contributed by atoms with E-state index in [4.69, 9.17) is 9.47 Å². The highest BCUT2D eigenvalue weighted by Crippen LogP contribution is 2.58. The lowest BCUT2D eigenvalue weighted by atomic mass is 9.71. The third kappa shape index (κ3) is 1.71. The summed E-state index contributed by atoms with van der Waals surface area (Å²) in [4.78, 5) is 24.9. The Morgan fingerprint density at radius 2 is 1.22 bits per heavy atom. The van der Waals surface area contributed by atoms with Gasteiger partial charge in [0.1, 0.15) is 0 Å². The van der Waals surface area contributed by atoms with Gasteiger partial charge in [-0.2, -0.15) is 0 Å². The van der Waals surface area contributed by atoms with E-state index in [0.717, 1.165) is 22.3 Å². The van der Waals surface area contributed by atoms with Crippen molar-refractivity contribution in [3.63, 3.8) is 0 Å². The molecule has 2 heterocycles. The van der Waals surface area contributed by atoms with Gasteiger partial charge in [-0.05, 0) is 49.9 Å². The van der Waals surface area contributed by atoms with E-state index in [2.05, 4.69) is 5.32 Å². The normalized spacial score (nSPS) is 27.9. The third-order valence-corrected chi connectivity index (χ3v) is 5.15. The highest BCUT2D eigenvalue weighted by molar-refractivity contribution is 6.06. The number of esters is 2. The van der Waals surface area contributed by atoms with Crippen LogP contribution in [0.25, 0.3) is 0 Å². The lowest BCUT2D eigenvalue weighted by molar-refractivity contribution is -0.140. The molecule has 2 aliphatic rings. The summed E-state index contributed by atoms with van der Waals surface area (Å²) < 4.78 is 9.92. The van der Waals surface area contributed by atoms with Crippen LogP contribution in [0.3, 0.4) is 0 Å². The van der Waals surface area contributed by atoms with E-state index in [0.29, 0.717) is 11.1 Å². The number of nitrogens with one attached hydrogen (secondary N) is 1. The third-order valence-electron chi connectivity index (χ3n) is 5.15. The van der Waals surface area contributed by atoms with Gasteiger partial charge in [0.2, 0.25) is 0 Å². The largest absolute Gasteiger partial charge is 0.466 e. The van der Waals surface area contributed by atoms with Crippen LogP contribution in [0.1, 0.15) is 36.1 Å². The van der Waals surface area contributed by atoms with E-state index in [9.17, 15) is 9.59 Å². The van der Waals surface area contributed by atoms with Crippen LogP contribution in [0.4, 0.5) is 0 Å². The second-order valence-corrected chi connectivity index (χ2v) is 6.56. The Bertz CT molecular complexity index is 716. The molecule has 23 heavy (non-hydrogen) atoms. The number of hydrogen-bond donors (Lipinski definition) is 1. The van der Waals surface area contributed by atoms with Gasteiger partial charge in [0.05, 0.1) is 36.4 Å². The van der Waals surface area contributed by atoms with Crippen molar-refractivity contribution in [3.8, 4) is 0 Å². The average molecular weight is 315 g/mol. The zero-order valence-corrected chi connectivity index (χ0v) is 14.3. The van der Waals surface area contributed by atoms with Gasteiger partial charge in [0, 0.05) is 0 Å². The molecule has 0 saturated heterocycles. The monoisotopic (exact) mass is 315 g/mol. The Morgan fingerprint density at radius 3 is 1.52 bits per heavy atom. The predicted molar refractivity (Wildman–Crippen MR) is 84.8 cm³/mol. The standard InChI is InChI=1S/C18H21NO4/c1-9-7-8-10(2)12-11(9)17(3)13(15(20)22-5)14(16(21)23-6)18(12,4)19-17/h7-8,19H,1-6H3. The number of carbonyl (C=O) groups excluding carboxylic acids is 2. The molecule has 1 aromatic carbocycles. The van der Waals surface area contributed by atoms with E-state index in [1.54, 1.807) is 0 Å². The smallest absolute Gasteiger partial charge is 0.336 e. The van der Waals surface area contributed by atoms with E-state index < -0.39 is 23.0 Å². The van der Waals surface area contributed by atoms with Gasteiger partial charge in [0.25, 0.3) is 0 Å². The molecule has 0 fully saturated rings. The fraction of sp³-hybridized carbons (Fsp3) is 0.444. The molecular weight excluding hydrogens is 294 g/mol. The van der Waals surface area contributed by atoms with Crippen molar-refractivity contribution in [1.82, 2.24) is 5.32 Å². The van der Waals surface area contributed by atoms with E-state index in [1.165, 1.54) is 14.2 Å². The molecule has 2 unspecified atom stereocenters. The zero-order chi connectivity index (χ0) is 17.2. The van der Waals surface area contributed by atoms with E-state index in [1.807, 2.05) is 39.8 Å². The number of ether oxygens (including phenoxy) is 2. The first-order valence-corrected chi connectivity index (χ1v) is 7.54. The van der Waals surface area contributed by atoms with Crippen molar-refractivity contribution in [2.45, 2.75) is 38.8 Å². The molecule has 5 nitrogen and oxygen atoms in total. The minimum Gasteiger partial charge on any atom is -0.466 e. The second kappa shape index (κ2) is 4.68. The van der Waals surface area contributed by atoms with Crippen LogP contribution in [-0.4, -0.2) is 26.2 Å². The average Bonchev–Trinajstić information content (AvgIpc) is 2.90. The van der Waals surface area contributed by atoms with Crippen LogP contribution in [0.15, 0.2) is 23.3 Å². The van der Waals surface area contributed by atoms with Crippen LogP contribution < -0.4 is 5.32 Å². The molecule has 0 spiro atoms. The first kappa shape index (κ1) is 15.7. The van der Waals surface area contributed by atoms with Crippen LogP contribution in [-0.2, 0) is 30.1 Å². The molecule has 5 heteroatoms. The number of hydrogen-bond acceptors (Lipinski definition) is 5. The van der Waals surface area contributed by atoms with Gasteiger partial charge in [0.15, 0.2) is 0 Å². The summed E-state index contributed by atoms with van der Waals surface area (Å²) in [6.45, 7) is 7.88. The summed E-state index contributed by atoms with van der Waals surface area (Å²) in [6, 6.07) is 4.08. The molecule has 2 atom stereocenters. The van der Waals surface area contributed by atoms with Crippen LogP contribution in [0.2, 0.25) is 0 Å². The summed E-state index contributed by atoms with van der Waals surface area (Å²) >= 11 is 0. The van der Waals surface area contributed by atoms with Gasteiger partial charge < -0.3 is 9.47 Å². The van der Waals surface area contributed by atoms with Crippen LogP contribution in [0.5, 0.6) is 0 Å². The lowest BCUT2D eigenvalue weighted by Gasteiger charge is -2.30. The minimum atomic E-state index is -0.767. The van der Waals surface area contributed by atoms with Crippen molar-refractivity contribution in [3.05, 3.63) is 45.5 Å². The highest BCUT2D eigenvalue weighted by atomic mass is 16.5. The maximum absolute atomic E-state index is 12.5. The highest BCUT2D eigenvalue weighted by Gasteiger charge is 2.63. The Kier molecular flexibility index (Phi) is 3.20. The molecule has 2 bridgehead atoms. The first-order chi connectivity index (χ1) is 10.7. The van der Waals surface area contributed by atoms with Crippen LogP contribution in [0, 0.1) is 13.8 Å². The number of aryl methyl sites for hydroxylation is 2. The van der Waals surface area contributed by atoms with Gasteiger partial charge >= 0.3 is 11.9 Å². The number of methoxy groups -OCH3 is 2. The van der Waals surface area contributed by atoms with Crippen molar-refractivity contribution in [2.24, 2.45) is 0 Å². The Labute approximate surface area is 135 Å². The molecule has 0 aliphatic carbocycles. The summed E-state index contributed by atoms with van der Waals surface area (Å²) in [5, 5.41) is 3.48. The fourth-order valence-corrected chi connectivity index (χ4v) is 4.42. The maximum atomic E-state index is 12.5. The van der Waals surface area contributed by atoms with E-state index >= 15 is 0 Å². The van der Waals surface area contributed by atoms with E-state index in [-0.39, 0.29) is 0 Å². The van der Waals surface area contributed by atoms with Crippen LogP contribution >= 0.6 is 0 Å². The molecule has 2 aliphatic heterocycles. The number of rotatable bonds is 2. The minimum absolute atomic E-state index is 0.343. The van der Waals surface area contributed by atoms with Gasteiger partial charge in [-0.15, -0.1) is 0 Å². The quantitative estimate of drug-likeness (QED) is 0.846. The zero-order valence-electron chi connectivity index (χ0n) is 14.3. The summed E-state index contributed by atoms with van der Waals surface area (Å²) in [7, 11) is 2.65. The Hall–Kier alpha value is -2.14. The van der Waals surface area contributed by atoms with Crippen molar-refractivity contribution >= 4 is 11.9 Å². The Morgan fingerprint density at radius 1 is 0.870 bits per heavy atom. The number of fused-ring (bicyclic) bond motifs is 5. The van der Waals surface area contributed by atoms with Crippen molar-refractivity contribution in [2.75, 3.05) is 14.2 Å². The first-order valence-electron chi connectivity index (χ1n) is 7.54. The summed E-state index contributed by atoms with van der Waals surface area (Å²) in [6.07, 6.45) is 0. The molecule has 1 aromatic rings. The molecular formula is C18H21NO4. The van der Waals surface area contributed by atoms with Crippen molar-refractivity contribution < 1.29 is 19.1 Å². The molecule has 3 rings (SSSR count). The van der Waals surface area contributed by atoms with Gasteiger partial charge in [-0.1, -0.05) is 12.1 Å². The van der Waals surface area contributed by atoms with Gasteiger partial charge in [-0.25, -0.2) is 9.59 Å². The molecule has 0 radical (unpaired) electrons. The second-order valence-electron chi connectivity index (χ2n) is 6.56. The SMILES string of the molecule is COC(=O)C1=C(C(=O)OC)C2(C)NC1(C)c1c(C)ccc(C)c12. The summed E-state index contributed by atoms with van der Waals surface area (Å²) in [5.74, 6) is -1.01. The molecule has 122 valence electrons. The van der Waals surface area contributed by atoms with Crippen molar-refractivity contribution in [1.29, 1.82) is 0 Å². The van der Waals surface area contributed by atoms with Gasteiger partial charge in [-0.3, -0.25) is 5.32 Å². The number of benzene rings is 1. The predicted octanol–water partition coefficient (Wildman–Crippen LogP) is 1.99. The fourth-order valence-electron chi connectivity index (χ4n) is 4.42. The molecule has 0 saturated carbocycles. The molecule has 0 aromatic heterocycles. The molecule has 0 amide bonds. The topological polar surface area (TPSA) is 64.6 Å². The maximum Gasteiger partial charge on any atom is 0.336 e.